The van der Waals surface area contributed by atoms with Crippen molar-refractivity contribution in [3.8, 4) is 11.8 Å². The highest BCUT2D eigenvalue weighted by molar-refractivity contribution is 7.98. The van der Waals surface area contributed by atoms with E-state index in [1.807, 2.05) is 12.1 Å². The smallest absolute Gasteiger partial charge is 0.0409 e. The van der Waals surface area contributed by atoms with Gasteiger partial charge in [0.25, 0.3) is 0 Å². The van der Waals surface area contributed by atoms with Crippen molar-refractivity contribution >= 4 is 23.4 Å². The van der Waals surface area contributed by atoms with E-state index in [0.717, 1.165) is 17.9 Å². The van der Waals surface area contributed by atoms with E-state index in [1.165, 1.54) is 23.3 Å². The first-order valence-electron chi connectivity index (χ1n) is 5.56. The molecule has 2 heteroatoms. The van der Waals surface area contributed by atoms with Crippen molar-refractivity contribution < 1.29 is 0 Å². The molecule has 0 aliphatic rings. The summed E-state index contributed by atoms with van der Waals surface area (Å²) >= 11 is 7.72. The van der Waals surface area contributed by atoms with Gasteiger partial charge < -0.3 is 0 Å². The normalized spacial score (nSPS) is 9.69. The lowest BCUT2D eigenvalue weighted by atomic mass is 10.1. The van der Waals surface area contributed by atoms with E-state index >= 15 is 0 Å². The maximum Gasteiger partial charge on any atom is 0.0409 e. The Morgan fingerprint density at radius 2 is 2.12 bits per heavy atom. The standard InChI is InChI=1S/C14H17ClS/c1-3-4-5-6-7-8-12-11-13(15)9-10-14(12)16-2/h9-11H,3-5,8H2,1-2H3. The van der Waals surface area contributed by atoms with Gasteiger partial charge in [0, 0.05) is 22.8 Å². The molecule has 0 unspecified atom stereocenters. The van der Waals surface area contributed by atoms with Gasteiger partial charge in [0.2, 0.25) is 0 Å². The largest absolute Gasteiger partial charge is 0.129 e. The van der Waals surface area contributed by atoms with Gasteiger partial charge in [-0.1, -0.05) is 30.9 Å². The second-order valence-corrected chi connectivity index (χ2v) is 4.87. The summed E-state index contributed by atoms with van der Waals surface area (Å²) in [5.74, 6) is 6.42. The van der Waals surface area contributed by atoms with E-state index in [1.54, 1.807) is 11.8 Å². The molecule has 0 saturated carbocycles. The third kappa shape index (κ3) is 4.51. The van der Waals surface area contributed by atoms with Crippen molar-refractivity contribution in [1.29, 1.82) is 0 Å². The fourth-order valence-corrected chi connectivity index (χ4v) is 2.19. The van der Waals surface area contributed by atoms with Crippen molar-refractivity contribution in [2.24, 2.45) is 0 Å². The van der Waals surface area contributed by atoms with Crippen LogP contribution in [0.15, 0.2) is 23.1 Å². The predicted octanol–water partition coefficient (Wildman–Crippen LogP) is 4.80. The zero-order valence-corrected chi connectivity index (χ0v) is 11.4. The van der Waals surface area contributed by atoms with Gasteiger partial charge in [-0.2, -0.15) is 0 Å². The summed E-state index contributed by atoms with van der Waals surface area (Å²) < 4.78 is 0. The maximum absolute atomic E-state index is 5.98. The molecule has 0 heterocycles. The molecule has 0 N–H and O–H groups in total. The van der Waals surface area contributed by atoms with Gasteiger partial charge in [-0.15, -0.1) is 17.7 Å². The highest BCUT2D eigenvalue weighted by Crippen LogP contribution is 2.24. The van der Waals surface area contributed by atoms with E-state index < -0.39 is 0 Å². The highest BCUT2D eigenvalue weighted by Gasteiger charge is 2.00. The summed E-state index contributed by atoms with van der Waals surface area (Å²) in [7, 11) is 0. The van der Waals surface area contributed by atoms with E-state index in [4.69, 9.17) is 11.6 Å². The molecule has 0 nitrogen and oxygen atoms in total. The quantitative estimate of drug-likeness (QED) is 0.422. The molecule has 0 bridgehead atoms. The van der Waals surface area contributed by atoms with E-state index in [9.17, 15) is 0 Å². The Morgan fingerprint density at radius 1 is 1.31 bits per heavy atom. The van der Waals surface area contributed by atoms with Crippen LogP contribution in [0.3, 0.4) is 0 Å². The van der Waals surface area contributed by atoms with Crippen LogP contribution in [0.5, 0.6) is 0 Å². The molecule has 0 aliphatic carbocycles. The lowest BCUT2D eigenvalue weighted by Gasteiger charge is -2.03. The average molecular weight is 253 g/mol. The van der Waals surface area contributed by atoms with Crippen LogP contribution in [0.2, 0.25) is 5.02 Å². The zero-order chi connectivity index (χ0) is 11.8. The molecular weight excluding hydrogens is 236 g/mol. The average Bonchev–Trinajstić information content (AvgIpc) is 2.29. The SMILES string of the molecule is CCCCC#CCc1cc(Cl)ccc1SC. The second-order valence-electron chi connectivity index (χ2n) is 3.59. The van der Waals surface area contributed by atoms with Gasteiger partial charge in [-0.25, -0.2) is 0 Å². The Balaban J connectivity index is 2.63. The molecule has 0 saturated heterocycles. The minimum atomic E-state index is 0.795. The first kappa shape index (κ1) is 13.5. The Bertz CT molecular complexity index is 387. The molecule has 1 aromatic rings. The Kier molecular flexibility index (Phi) is 6.45. The number of unbranched alkanes of at least 4 members (excludes halogenated alkanes) is 2. The summed E-state index contributed by atoms with van der Waals surface area (Å²) in [4.78, 5) is 1.27. The monoisotopic (exact) mass is 252 g/mol. The lowest BCUT2D eigenvalue weighted by Crippen LogP contribution is -1.86. The molecule has 16 heavy (non-hydrogen) atoms. The van der Waals surface area contributed by atoms with Crippen molar-refractivity contribution in [2.75, 3.05) is 6.26 Å². The van der Waals surface area contributed by atoms with Crippen LogP contribution in [0.4, 0.5) is 0 Å². The molecule has 0 atom stereocenters. The number of rotatable bonds is 4. The van der Waals surface area contributed by atoms with Crippen LogP contribution < -0.4 is 0 Å². The maximum atomic E-state index is 5.98. The lowest BCUT2D eigenvalue weighted by molar-refractivity contribution is 0.827. The van der Waals surface area contributed by atoms with E-state index in [0.29, 0.717) is 0 Å². The van der Waals surface area contributed by atoms with Gasteiger partial charge in [0.15, 0.2) is 0 Å². The van der Waals surface area contributed by atoms with Crippen LogP contribution in [0.1, 0.15) is 31.7 Å². The number of hydrogen-bond donors (Lipinski definition) is 0. The van der Waals surface area contributed by atoms with Crippen LogP contribution in [-0.2, 0) is 6.42 Å². The molecule has 0 fully saturated rings. The topological polar surface area (TPSA) is 0 Å². The van der Waals surface area contributed by atoms with Crippen molar-refractivity contribution in [3.05, 3.63) is 28.8 Å². The molecule has 0 amide bonds. The van der Waals surface area contributed by atoms with Crippen LogP contribution in [-0.4, -0.2) is 6.26 Å². The van der Waals surface area contributed by atoms with Gasteiger partial charge in [-0.05, 0) is 36.4 Å². The van der Waals surface area contributed by atoms with Gasteiger partial charge in [-0.3, -0.25) is 0 Å². The Labute approximate surface area is 108 Å². The fourth-order valence-electron chi connectivity index (χ4n) is 1.40. The minimum Gasteiger partial charge on any atom is -0.129 e. The predicted molar refractivity (Wildman–Crippen MR) is 74.2 cm³/mol. The zero-order valence-electron chi connectivity index (χ0n) is 9.85. The third-order valence-corrected chi connectivity index (χ3v) is 3.37. The molecular formula is C14H17ClS. The molecule has 0 radical (unpaired) electrons. The first-order chi connectivity index (χ1) is 7.77. The molecule has 0 aliphatic heterocycles. The van der Waals surface area contributed by atoms with Crippen LogP contribution in [0, 0.1) is 11.8 Å². The molecule has 0 aromatic heterocycles. The number of hydrogen-bond acceptors (Lipinski definition) is 1. The number of thioether (sulfide) groups is 1. The fraction of sp³-hybridized carbons (Fsp3) is 0.429. The molecule has 0 spiro atoms. The van der Waals surface area contributed by atoms with E-state index in [-0.39, 0.29) is 0 Å². The third-order valence-electron chi connectivity index (χ3n) is 2.30. The summed E-state index contributed by atoms with van der Waals surface area (Å²) in [6, 6.07) is 6.01. The van der Waals surface area contributed by atoms with Gasteiger partial charge >= 0.3 is 0 Å². The van der Waals surface area contributed by atoms with E-state index in [2.05, 4.69) is 31.1 Å². The Hall–Kier alpha value is -0.580. The summed E-state index contributed by atoms with van der Waals surface area (Å²) in [6.45, 7) is 2.18. The Morgan fingerprint density at radius 3 is 2.81 bits per heavy atom. The summed E-state index contributed by atoms with van der Waals surface area (Å²) in [6.07, 6.45) is 6.29. The first-order valence-corrected chi connectivity index (χ1v) is 7.16. The highest BCUT2D eigenvalue weighted by atomic mass is 35.5. The van der Waals surface area contributed by atoms with Gasteiger partial charge in [0.1, 0.15) is 0 Å². The molecule has 1 aromatic carbocycles. The van der Waals surface area contributed by atoms with Crippen molar-refractivity contribution in [2.45, 2.75) is 37.5 Å². The number of halogens is 1. The number of benzene rings is 1. The van der Waals surface area contributed by atoms with Crippen LogP contribution in [0.25, 0.3) is 0 Å². The van der Waals surface area contributed by atoms with Gasteiger partial charge in [0.05, 0.1) is 0 Å². The van der Waals surface area contributed by atoms with Crippen LogP contribution >= 0.6 is 23.4 Å². The molecule has 1 rings (SSSR count). The minimum absolute atomic E-state index is 0.795. The van der Waals surface area contributed by atoms with Crippen molar-refractivity contribution in [3.63, 3.8) is 0 Å². The molecule has 86 valence electrons. The van der Waals surface area contributed by atoms with Crippen molar-refractivity contribution in [1.82, 2.24) is 0 Å². The summed E-state index contributed by atoms with van der Waals surface area (Å²) in [5.41, 5.74) is 1.24. The second kappa shape index (κ2) is 7.65. The summed E-state index contributed by atoms with van der Waals surface area (Å²) in [5, 5.41) is 0.795.